The van der Waals surface area contributed by atoms with Crippen LogP contribution in [-0.4, -0.2) is 57.6 Å². The van der Waals surface area contributed by atoms with Crippen LogP contribution in [0.2, 0.25) is 0 Å². The zero-order chi connectivity index (χ0) is 30.2. The molecule has 0 radical (unpaired) electrons. The highest BCUT2D eigenvalue weighted by Gasteiger charge is 2.34. The number of hydrogen-bond donors (Lipinski definition) is 1. The van der Waals surface area contributed by atoms with Crippen LogP contribution in [0, 0.1) is 18.7 Å². The monoisotopic (exact) mass is 583 g/mol. The number of nitrogens with zero attached hydrogens (tertiary/aromatic N) is 2. The van der Waals surface area contributed by atoms with Crippen molar-refractivity contribution < 1.29 is 27.1 Å². The Morgan fingerprint density at radius 1 is 1.00 bits per heavy atom. The van der Waals surface area contributed by atoms with Crippen molar-refractivity contribution in [3.8, 4) is 5.75 Å². The number of ether oxygens (including phenoxy) is 1. The lowest BCUT2D eigenvalue weighted by Gasteiger charge is -2.34. The Morgan fingerprint density at radius 2 is 1.66 bits per heavy atom. The minimum atomic E-state index is -3.97. The maximum atomic E-state index is 14.9. The Hall–Kier alpha value is -3.92. The van der Waals surface area contributed by atoms with Crippen LogP contribution in [0.1, 0.15) is 30.5 Å². The molecule has 0 aliphatic rings. The second-order valence-corrected chi connectivity index (χ2v) is 12.3. The van der Waals surface area contributed by atoms with Crippen LogP contribution in [0.25, 0.3) is 0 Å². The summed E-state index contributed by atoms with van der Waals surface area (Å²) < 4.78 is 47.2. The Kier molecular flexibility index (Phi) is 10.9. The van der Waals surface area contributed by atoms with E-state index < -0.39 is 40.2 Å². The molecule has 3 aromatic carbocycles. The van der Waals surface area contributed by atoms with Gasteiger partial charge in [0.05, 0.1) is 19.1 Å². The van der Waals surface area contributed by atoms with Crippen molar-refractivity contribution in [3.05, 3.63) is 95.3 Å². The van der Waals surface area contributed by atoms with Gasteiger partial charge >= 0.3 is 0 Å². The lowest BCUT2D eigenvalue weighted by molar-refractivity contribution is -0.140. The standard InChI is InChI=1S/C31H38FN3O5S/c1-22(2)19-33-31(37)28(18-24-11-7-6-8-12-24)34(20-25-13-9-10-14-26(25)32)30(36)21-35(41(5,38)39)27-17-23(3)15-16-29(27)40-4/h6-17,22,28H,18-21H2,1-5H3,(H,33,37)/t28-/m1/s1. The van der Waals surface area contributed by atoms with Gasteiger partial charge in [-0.3, -0.25) is 13.9 Å². The summed E-state index contributed by atoms with van der Waals surface area (Å²) in [5.74, 6) is -1.19. The average Bonchev–Trinajstić information content (AvgIpc) is 2.93. The van der Waals surface area contributed by atoms with Crippen LogP contribution in [0.3, 0.4) is 0 Å². The van der Waals surface area contributed by atoms with Gasteiger partial charge in [0.2, 0.25) is 21.8 Å². The van der Waals surface area contributed by atoms with Crippen LogP contribution < -0.4 is 14.4 Å². The average molecular weight is 584 g/mol. The van der Waals surface area contributed by atoms with Crippen LogP contribution in [0.4, 0.5) is 10.1 Å². The van der Waals surface area contributed by atoms with Gasteiger partial charge in [-0.05, 0) is 42.2 Å². The highest BCUT2D eigenvalue weighted by atomic mass is 32.2. The first-order valence-corrected chi connectivity index (χ1v) is 15.2. The molecule has 220 valence electrons. The summed E-state index contributed by atoms with van der Waals surface area (Å²) in [5, 5.41) is 2.90. The lowest BCUT2D eigenvalue weighted by atomic mass is 10.0. The van der Waals surface area contributed by atoms with Gasteiger partial charge in [0.1, 0.15) is 24.2 Å². The third-order valence-corrected chi connectivity index (χ3v) is 7.66. The SMILES string of the molecule is COc1ccc(C)cc1N(CC(=O)N(Cc1ccccc1F)[C@H](Cc1ccccc1)C(=O)NCC(C)C)S(C)(=O)=O. The molecule has 10 heteroatoms. The van der Waals surface area contributed by atoms with E-state index in [1.807, 2.05) is 44.2 Å². The molecule has 0 unspecified atom stereocenters. The summed E-state index contributed by atoms with van der Waals surface area (Å²) >= 11 is 0. The molecule has 0 aromatic heterocycles. The van der Waals surface area contributed by atoms with Crippen molar-refractivity contribution >= 4 is 27.5 Å². The molecule has 3 rings (SSSR count). The van der Waals surface area contributed by atoms with Gasteiger partial charge in [0.25, 0.3) is 0 Å². The highest BCUT2D eigenvalue weighted by molar-refractivity contribution is 7.92. The highest BCUT2D eigenvalue weighted by Crippen LogP contribution is 2.31. The van der Waals surface area contributed by atoms with Crippen LogP contribution in [-0.2, 0) is 32.6 Å². The quantitative estimate of drug-likeness (QED) is 0.323. The fraction of sp³-hybridized carbons (Fsp3) is 0.355. The molecule has 0 aliphatic carbocycles. The van der Waals surface area contributed by atoms with Gasteiger partial charge in [-0.1, -0.05) is 68.4 Å². The number of benzene rings is 3. The maximum Gasteiger partial charge on any atom is 0.244 e. The molecular weight excluding hydrogens is 545 g/mol. The Morgan fingerprint density at radius 3 is 2.27 bits per heavy atom. The Balaban J connectivity index is 2.10. The van der Waals surface area contributed by atoms with E-state index in [1.54, 1.807) is 37.3 Å². The molecule has 0 saturated heterocycles. The third kappa shape index (κ3) is 8.78. The van der Waals surface area contributed by atoms with Crippen molar-refractivity contribution in [2.45, 2.75) is 39.8 Å². The summed E-state index contributed by atoms with van der Waals surface area (Å²) in [6.45, 7) is 5.23. The first-order valence-electron chi connectivity index (χ1n) is 13.4. The number of carbonyl (C=O) groups excluding carboxylic acids is 2. The first-order chi connectivity index (χ1) is 19.4. The summed E-state index contributed by atoms with van der Waals surface area (Å²) in [7, 11) is -2.56. The number of anilines is 1. The molecule has 0 fully saturated rings. The van der Waals surface area contributed by atoms with Gasteiger partial charge in [-0.2, -0.15) is 0 Å². The van der Waals surface area contributed by atoms with Gasteiger partial charge in [-0.25, -0.2) is 12.8 Å². The third-order valence-electron chi connectivity index (χ3n) is 6.54. The molecule has 1 atom stereocenters. The Bertz CT molecular complexity index is 1450. The summed E-state index contributed by atoms with van der Waals surface area (Å²) in [6, 6.07) is 19.2. The fourth-order valence-corrected chi connectivity index (χ4v) is 5.22. The van der Waals surface area contributed by atoms with Gasteiger partial charge < -0.3 is 15.0 Å². The Labute approximate surface area is 242 Å². The number of carbonyl (C=O) groups is 2. The molecule has 8 nitrogen and oxygen atoms in total. The molecule has 1 N–H and O–H groups in total. The molecule has 0 spiro atoms. The number of methoxy groups -OCH3 is 1. The van der Waals surface area contributed by atoms with E-state index >= 15 is 0 Å². The summed E-state index contributed by atoms with van der Waals surface area (Å²) in [6.07, 6.45) is 1.15. The molecular formula is C31H38FN3O5S. The van der Waals surface area contributed by atoms with E-state index in [2.05, 4.69) is 5.32 Å². The summed E-state index contributed by atoms with van der Waals surface area (Å²) in [4.78, 5) is 29.0. The van der Waals surface area contributed by atoms with E-state index in [4.69, 9.17) is 4.74 Å². The van der Waals surface area contributed by atoms with Crippen molar-refractivity contribution in [3.63, 3.8) is 0 Å². The normalized spacial score (nSPS) is 12.1. The molecule has 2 amide bonds. The predicted octanol–water partition coefficient (Wildman–Crippen LogP) is 4.32. The van der Waals surface area contributed by atoms with Crippen molar-refractivity contribution in [2.24, 2.45) is 5.92 Å². The number of halogens is 1. The van der Waals surface area contributed by atoms with E-state index in [0.29, 0.717) is 6.54 Å². The number of rotatable bonds is 13. The van der Waals surface area contributed by atoms with E-state index in [1.165, 1.54) is 24.1 Å². The number of sulfonamides is 1. The number of aryl methyl sites for hydroxylation is 1. The van der Waals surface area contributed by atoms with Gasteiger partial charge in [0, 0.05) is 25.1 Å². The van der Waals surface area contributed by atoms with Crippen molar-refractivity contribution in [2.75, 3.05) is 30.8 Å². The van der Waals surface area contributed by atoms with Crippen LogP contribution in [0.5, 0.6) is 5.75 Å². The number of amides is 2. The van der Waals surface area contributed by atoms with Gasteiger partial charge in [0.15, 0.2) is 0 Å². The second-order valence-electron chi connectivity index (χ2n) is 10.4. The maximum absolute atomic E-state index is 14.9. The van der Waals surface area contributed by atoms with Gasteiger partial charge in [-0.15, -0.1) is 0 Å². The fourth-order valence-electron chi connectivity index (χ4n) is 4.38. The van der Waals surface area contributed by atoms with E-state index in [-0.39, 0.29) is 35.9 Å². The van der Waals surface area contributed by atoms with Crippen molar-refractivity contribution in [1.29, 1.82) is 0 Å². The lowest BCUT2D eigenvalue weighted by Crippen LogP contribution is -2.53. The van der Waals surface area contributed by atoms with Crippen LogP contribution >= 0.6 is 0 Å². The topological polar surface area (TPSA) is 96.0 Å². The molecule has 3 aromatic rings. The second kappa shape index (κ2) is 14.1. The zero-order valence-electron chi connectivity index (χ0n) is 24.1. The zero-order valence-corrected chi connectivity index (χ0v) is 24.9. The number of hydrogen-bond acceptors (Lipinski definition) is 5. The predicted molar refractivity (Wildman–Crippen MR) is 159 cm³/mol. The molecule has 41 heavy (non-hydrogen) atoms. The summed E-state index contributed by atoms with van der Waals surface area (Å²) in [5.41, 5.74) is 1.96. The molecule has 0 saturated carbocycles. The smallest absolute Gasteiger partial charge is 0.244 e. The molecule has 0 aliphatic heterocycles. The molecule has 0 bridgehead atoms. The minimum Gasteiger partial charge on any atom is -0.495 e. The number of nitrogens with one attached hydrogen (secondary N) is 1. The van der Waals surface area contributed by atoms with Crippen molar-refractivity contribution in [1.82, 2.24) is 10.2 Å². The van der Waals surface area contributed by atoms with E-state index in [0.717, 1.165) is 21.7 Å². The van der Waals surface area contributed by atoms with Crippen LogP contribution in [0.15, 0.2) is 72.8 Å². The largest absolute Gasteiger partial charge is 0.495 e. The van der Waals surface area contributed by atoms with E-state index in [9.17, 15) is 22.4 Å². The first kappa shape index (κ1) is 31.6. The minimum absolute atomic E-state index is 0.150. The molecule has 0 heterocycles.